The van der Waals surface area contributed by atoms with Crippen molar-refractivity contribution in [2.75, 3.05) is 0 Å². The monoisotopic (exact) mass is 328 g/mol. The van der Waals surface area contributed by atoms with E-state index in [1.165, 1.54) is 5.57 Å². The fourth-order valence-electron chi connectivity index (χ4n) is 6.63. The molecule has 0 aromatic carbocycles. The molecule has 2 fully saturated rings. The van der Waals surface area contributed by atoms with Gasteiger partial charge in [0.05, 0.1) is 6.10 Å². The summed E-state index contributed by atoms with van der Waals surface area (Å²) < 4.78 is 0. The van der Waals surface area contributed by atoms with E-state index in [0.717, 1.165) is 37.7 Å². The minimum atomic E-state index is -0.463. The molecule has 4 aliphatic carbocycles. The highest BCUT2D eigenvalue weighted by molar-refractivity contribution is 5.95. The number of hydrogen-bond acceptors (Lipinski definition) is 3. The summed E-state index contributed by atoms with van der Waals surface area (Å²) in [5.74, 6) is 1.72. The first kappa shape index (κ1) is 16.3. The molecule has 2 saturated carbocycles. The van der Waals surface area contributed by atoms with Crippen molar-refractivity contribution in [2.24, 2.45) is 28.6 Å². The molecule has 0 aromatic heterocycles. The molecular formula is C21H28O3. The molecule has 3 heteroatoms. The van der Waals surface area contributed by atoms with E-state index in [0.29, 0.717) is 24.2 Å². The molecule has 0 heterocycles. The molecule has 4 aliphatic rings. The van der Waals surface area contributed by atoms with Crippen LogP contribution in [-0.4, -0.2) is 22.8 Å². The van der Waals surface area contributed by atoms with Crippen LogP contribution in [0.4, 0.5) is 0 Å². The molecule has 0 bridgehead atoms. The predicted molar refractivity (Wildman–Crippen MR) is 92.2 cm³/mol. The summed E-state index contributed by atoms with van der Waals surface area (Å²) in [5, 5.41) is 11.1. The Morgan fingerprint density at radius 2 is 2.00 bits per heavy atom. The van der Waals surface area contributed by atoms with Crippen LogP contribution in [0.2, 0.25) is 0 Å². The minimum absolute atomic E-state index is 0.0537. The number of rotatable bonds is 1. The Kier molecular flexibility index (Phi) is 3.48. The van der Waals surface area contributed by atoms with Crippen molar-refractivity contribution in [2.45, 2.75) is 65.4 Å². The largest absolute Gasteiger partial charge is 0.392 e. The van der Waals surface area contributed by atoms with Gasteiger partial charge in [0.25, 0.3) is 0 Å². The first-order chi connectivity index (χ1) is 11.3. The number of allylic oxidation sites excluding steroid dienone is 3. The van der Waals surface area contributed by atoms with Crippen LogP contribution in [0.1, 0.15) is 59.3 Å². The number of aliphatic hydroxyl groups is 1. The lowest BCUT2D eigenvalue weighted by molar-refractivity contribution is -0.127. The number of ketones is 2. The maximum absolute atomic E-state index is 12.1. The summed E-state index contributed by atoms with van der Waals surface area (Å²) in [7, 11) is 0. The third-order valence-electron chi connectivity index (χ3n) is 8.03. The normalized spacial score (nSPS) is 47.2. The highest BCUT2D eigenvalue weighted by atomic mass is 16.3. The fraction of sp³-hybridized carbons (Fsp3) is 0.714. The molecule has 0 spiro atoms. The van der Waals surface area contributed by atoms with Crippen LogP contribution < -0.4 is 0 Å². The zero-order chi connectivity index (χ0) is 17.3. The highest BCUT2D eigenvalue weighted by Gasteiger charge is 2.60. The summed E-state index contributed by atoms with van der Waals surface area (Å²) in [6, 6.07) is 0. The van der Waals surface area contributed by atoms with E-state index in [2.05, 4.69) is 19.9 Å². The molecule has 4 rings (SSSR count). The molecule has 0 amide bonds. The minimum Gasteiger partial charge on any atom is -0.392 e. The number of Topliss-reactive ketones (excluding diaryl/α,β-unsaturated/α-hetero) is 1. The lowest BCUT2D eigenvalue weighted by Gasteiger charge is -2.59. The van der Waals surface area contributed by atoms with Gasteiger partial charge in [0, 0.05) is 11.8 Å². The van der Waals surface area contributed by atoms with Crippen molar-refractivity contribution in [1.29, 1.82) is 0 Å². The molecule has 1 N–H and O–H groups in total. The van der Waals surface area contributed by atoms with Gasteiger partial charge in [0.1, 0.15) is 0 Å². The Morgan fingerprint density at radius 3 is 2.71 bits per heavy atom. The van der Waals surface area contributed by atoms with E-state index < -0.39 is 6.10 Å². The first-order valence-electron chi connectivity index (χ1n) is 9.42. The molecule has 1 unspecified atom stereocenters. The Labute approximate surface area is 144 Å². The second-order valence-corrected chi connectivity index (χ2v) is 8.91. The van der Waals surface area contributed by atoms with Crippen molar-refractivity contribution >= 4 is 11.6 Å². The summed E-state index contributed by atoms with van der Waals surface area (Å²) in [4.78, 5) is 24.0. The van der Waals surface area contributed by atoms with E-state index in [4.69, 9.17) is 0 Å². The maximum Gasteiger partial charge on any atom is 0.156 e. The Hall–Kier alpha value is -1.22. The van der Waals surface area contributed by atoms with Gasteiger partial charge in [0.2, 0.25) is 0 Å². The van der Waals surface area contributed by atoms with Crippen LogP contribution >= 0.6 is 0 Å². The van der Waals surface area contributed by atoms with Crippen LogP contribution in [0.15, 0.2) is 23.3 Å². The smallest absolute Gasteiger partial charge is 0.156 e. The zero-order valence-corrected chi connectivity index (χ0v) is 15.0. The summed E-state index contributed by atoms with van der Waals surface area (Å²) >= 11 is 0. The number of aliphatic hydroxyl groups excluding tert-OH is 1. The molecule has 6 atom stereocenters. The van der Waals surface area contributed by atoms with Gasteiger partial charge < -0.3 is 5.11 Å². The highest BCUT2D eigenvalue weighted by Crippen LogP contribution is 2.65. The maximum atomic E-state index is 12.1. The van der Waals surface area contributed by atoms with Crippen LogP contribution in [0, 0.1) is 28.6 Å². The van der Waals surface area contributed by atoms with Crippen molar-refractivity contribution < 1.29 is 14.7 Å². The number of carbonyl (C=O) groups excluding carboxylic acids is 2. The van der Waals surface area contributed by atoms with E-state index in [9.17, 15) is 14.7 Å². The lowest BCUT2D eigenvalue weighted by Crippen LogP contribution is -2.56. The summed E-state index contributed by atoms with van der Waals surface area (Å²) in [5.41, 5.74) is 1.84. The van der Waals surface area contributed by atoms with Crippen molar-refractivity contribution in [3.8, 4) is 0 Å². The van der Waals surface area contributed by atoms with Crippen molar-refractivity contribution in [1.82, 2.24) is 0 Å². The molecular weight excluding hydrogens is 300 g/mol. The van der Waals surface area contributed by atoms with Gasteiger partial charge in [-0.05, 0) is 73.8 Å². The lowest BCUT2D eigenvalue weighted by atomic mass is 9.46. The third kappa shape index (κ3) is 1.94. The van der Waals surface area contributed by atoms with Gasteiger partial charge in [-0.15, -0.1) is 0 Å². The van der Waals surface area contributed by atoms with E-state index in [1.807, 2.05) is 6.08 Å². The Balaban J connectivity index is 1.73. The van der Waals surface area contributed by atoms with Gasteiger partial charge in [-0.25, -0.2) is 0 Å². The molecule has 24 heavy (non-hydrogen) atoms. The van der Waals surface area contributed by atoms with Gasteiger partial charge in [0.15, 0.2) is 11.6 Å². The number of hydrogen-bond donors (Lipinski definition) is 1. The second-order valence-electron chi connectivity index (χ2n) is 8.91. The van der Waals surface area contributed by atoms with Crippen LogP contribution in [0.5, 0.6) is 0 Å². The fourth-order valence-corrected chi connectivity index (χ4v) is 6.63. The second kappa shape index (κ2) is 5.14. The molecule has 0 aromatic rings. The first-order valence-corrected chi connectivity index (χ1v) is 9.42. The summed E-state index contributed by atoms with van der Waals surface area (Å²) in [6.45, 7) is 6.05. The van der Waals surface area contributed by atoms with E-state index in [1.54, 1.807) is 6.92 Å². The zero-order valence-electron chi connectivity index (χ0n) is 15.0. The van der Waals surface area contributed by atoms with Crippen LogP contribution in [0.25, 0.3) is 0 Å². The van der Waals surface area contributed by atoms with Gasteiger partial charge in [-0.2, -0.15) is 0 Å². The number of carbonyl (C=O) groups is 2. The van der Waals surface area contributed by atoms with E-state index >= 15 is 0 Å². The summed E-state index contributed by atoms with van der Waals surface area (Å²) in [6.07, 6.45) is 8.84. The van der Waals surface area contributed by atoms with E-state index in [-0.39, 0.29) is 22.4 Å². The molecule has 0 radical (unpaired) electrons. The van der Waals surface area contributed by atoms with Gasteiger partial charge in [-0.1, -0.05) is 25.5 Å². The van der Waals surface area contributed by atoms with Gasteiger partial charge in [-0.3, -0.25) is 9.59 Å². The molecule has 3 nitrogen and oxygen atoms in total. The van der Waals surface area contributed by atoms with Crippen molar-refractivity contribution in [3.63, 3.8) is 0 Å². The van der Waals surface area contributed by atoms with Crippen LogP contribution in [-0.2, 0) is 9.59 Å². The quantitative estimate of drug-likeness (QED) is 0.800. The SMILES string of the molecule is CC(=O)C1=CC[C@H]2[C@@H]3CCC4=CC(=O)CC[C@]4(C)[C@H]3CC(O)[C@]12C. The Bertz CT molecular complexity index is 673. The van der Waals surface area contributed by atoms with Crippen molar-refractivity contribution in [3.05, 3.63) is 23.3 Å². The number of fused-ring (bicyclic) bond motifs is 5. The van der Waals surface area contributed by atoms with Crippen LogP contribution in [0.3, 0.4) is 0 Å². The molecule has 0 saturated heterocycles. The topological polar surface area (TPSA) is 54.4 Å². The van der Waals surface area contributed by atoms with Gasteiger partial charge >= 0.3 is 0 Å². The average molecular weight is 328 g/mol. The third-order valence-corrected chi connectivity index (χ3v) is 8.03. The standard InChI is InChI=1S/C21H28O3/c1-12(22)16-6-7-17-15-5-4-13-10-14(23)8-9-20(13,2)18(15)11-19(24)21(16,17)3/h6,10,15,17-19,24H,4-5,7-9,11H2,1-3H3/t15-,17-,18-,19?,20-,21+/m0/s1. The molecule has 130 valence electrons. The molecule has 0 aliphatic heterocycles. The predicted octanol–water partition coefficient (Wildman–Crippen LogP) is 3.61. The Morgan fingerprint density at radius 1 is 1.25 bits per heavy atom. The average Bonchev–Trinajstić information content (AvgIpc) is 2.88.